The summed E-state index contributed by atoms with van der Waals surface area (Å²) in [6.07, 6.45) is 0. The van der Waals surface area contributed by atoms with E-state index in [0.29, 0.717) is 28.0 Å². The van der Waals surface area contributed by atoms with E-state index in [1.807, 2.05) is 36.4 Å². The van der Waals surface area contributed by atoms with Crippen molar-refractivity contribution in [3.63, 3.8) is 0 Å². The van der Waals surface area contributed by atoms with Crippen molar-refractivity contribution in [1.29, 1.82) is 0 Å². The lowest BCUT2D eigenvalue weighted by molar-refractivity contribution is 0.101. The summed E-state index contributed by atoms with van der Waals surface area (Å²) in [5, 5.41) is 7.87. The first-order chi connectivity index (χ1) is 15.5. The second-order valence-electron chi connectivity index (χ2n) is 6.67. The number of benzene rings is 3. The Labute approximate surface area is 198 Å². The number of nitrogens with one attached hydrogen (secondary N) is 1. The van der Waals surface area contributed by atoms with E-state index in [2.05, 4.69) is 31.3 Å². The SMILES string of the molecule is COc1ccc(OC)c(NC(=O)c2nc(-c3ccc(Br)cc3)n(-c3ccc(Cl)cc3)n2)c1. The van der Waals surface area contributed by atoms with Crippen molar-refractivity contribution in [1.82, 2.24) is 14.8 Å². The van der Waals surface area contributed by atoms with Gasteiger partial charge in [-0.3, -0.25) is 4.79 Å². The van der Waals surface area contributed by atoms with Crippen LogP contribution in [-0.2, 0) is 0 Å². The topological polar surface area (TPSA) is 78.3 Å². The summed E-state index contributed by atoms with van der Waals surface area (Å²) in [5.41, 5.74) is 1.97. The zero-order chi connectivity index (χ0) is 22.7. The fourth-order valence-corrected chi connectivity index (χ4v) is 3.44. The summed E-state index contributed by atoms with van der Waals surface area (Å²) in [6, 6.07) is 19.8. The number of anilines is 1. The highest BCUT2D eigenvalue weighted by Crippen LogP contribution is 2.30. The van der Waals surface area contributed by atoms with Gasteiger partial charge in [-0.2, -0.15) is 0 Å². The minimum Gasteiger partial charge on any atom is -0.497 e. The fourth-order valence-electron chi connectivity index (χ4n) is 3.05. The maximum absolute atomic E-state index is 13.0. The molecule has 3 aromatic carbocycles. The van der Waals surface area contributed by atoms with Crippen LogP contribution < -0.4 is 14.8 Å². The van der Waals surface area contributed by atoms with E-state index in [-0.39, 0.29) is 5.82 Å². The Morgan fingerprint density at radius 3 is 2.38 bits per heavy atom. The van der Waals surface area contributed by atoms with Gasteiger partial charge >= 0.3 is 0 Å². The van der Waals surface area contributed by atoms with Gasteiger partial charge in [0.15, 0.2) is 5.82 Å². The molecule has 1 aromatic heterocycles. The van der Waals surface area contributed by atoms with Crippen molar-refractivity contribution in [3.8, 4) is 28.6 Å². The highest BCUT2D eigenvalue weighted by molar-refractivity contribution is 9.10. The molecule has 0 radical (unpaired) electrons. The number of ether oxygens (including phenoxy) is 2. The van der Waals surface area contributed by atoms with Crippen molar-refractivity contribution >= 4 is 39.1 Å². The van der Waals surface area contributed by atoms with Crippen molar-refractivity contribution < 1.29 is 14.3 Å². The molecular formula is C23H18BrClN4O3. The maximum atomic E-state index is 13.0. The molecule has 0 unspecified atom stereocenters. The Bertz CT molecular complexity index is 1190. The molecule has 0 atom stereocenters. The highest BCUT2D eigenvalue weighted by atomic mass is 79.9. The van der Waals surface area contributed by atoms with E-state index in [4.69, 9.17) is 21.1 Å². The van der Waals surface area contributed by atoms with Crippen LogP contribution in [0.1, 0.15) is 10.6 Å². The molecule has 4 rings (SSSR count). The molecule has 0 aliphatic heterocycles. The molecule has 0 bridgehead atoms. The molecule has 4 aromatic rings. The van der Waals surface area contributed by atoms with Gasteiger partial charge in [0.1, 0.15) is 11.5 Å². The number of carbonyl (C=O) groups is 1. The number of methoxy groups -OCH3 is 2. The summed E-state index contributed by atoms with van der Waals surface area (Å²) in [4.78, 5) is 17.6. The number of carbonyl (C=O) groups excluding carboxylic acids is 1. The van der Waals surface area contributed by atoms with E-state index < -0.39 is 5.91 Å². The van der Waals surface area contributed by atoms with E-state index in [1.165, 1.54) is 7.11 Å². The molecular weight excluding hydrogens is 496 g/mol. The molecule has 0 fully saturated rings. The van der Waals surface area contributed by atoms with Crippen molar-refractivity contribution in [2.45, 2.75) is 0 Å². The number of halogens is 2. The molecule has 9 heteroatoms. The molecule has 32 heavy (non-hydrogen) atoms. The first-order valence-electron chi connectivity index (χ1n) is 9.51. The van der Waals surface area contributed by atoms with E-state index >= 15 is 0 Å². The van der Waals surface area contributed by atoms with Gasteiger partial charge in [0.2, 0.25) is 5.82 Å². The zero-order valence-electron chi connectivity index (χ0n) is 17.2. The largest absolute Gasteiger partial charge is 0.497 e. The lowest BCUT2D eigenvalue weighted by atomic mass is 10.2. The molecule has 0 aliphatic rings. The molecule has 0 saturated heterocycles. The van der Waals surface area contributed by atoms with Crippen LogP contribution in [0, 0.1) is 0 Å². The van der Waals surface area contributed by atoms with E-state index in [0.717, 1.165) is 15.7 Å². The summed E-state index contributed by atoms with van der Waals surface area (Å²) >= 11 is 9.47. The summed E-state index contributed by atoms with van der Waals surface area (Å²) < 4.78 is 13.1. The van der Waals surface area contributed by atoms with Crippen LogP contribution in [0.5, 0.6) is 11.5 Å². The van der Waals surface area contributed by atoms with Crippen molar-refractivity contribution in [3.05, 3.63) is 82.0 Å². The standard InChI is InChI=1S/C23H18BrClN4O3/c1-31-18-11-12-20(32-2)19(13-18)26-23(30)21-27-22(14-3-5-15(24)6-4-14)29(28-21)17-9-7-16(25)8-10-17/h3-13H,1-2H3,(H,26,30). The quantitative estimate of drug-likeness (QED) is 0.362. The van der Waals surface area contributed by atoms with Gasteiger partial charge in [0.05, 0.1) is 25.6 Å². The normalized spacial score (nSPS) is 10.6. The van der Waals surface area contributed by atoms with Gasteiger partial charge in [-0.15, -0.1) is 5.10 Å². The first kappa shape index (κ1) is 21.9. The van der Waals surface area contributed by atoms with Crippen LogP contribution in [0.25, 0.3) is 17.1 Å². The molecule has 7 nitrogen and oxygen atoms in total. The number of hydrogen-bond acceptors (Lipinski definition) is 5. The van der Waals surface area contributed by atoms with Gasteiger partial charge in [-0.25, -0.2) is 9.67 Å². The third kappa shape index (κ3) is 4.61. The monoisotopic (exact) mass is 512 g/mol. The molecule has 1 N–H and O–H groups in total. The molecule has 1 heterocycles. The van der Waals surface area contributed by atoms with Crippen LogP contribution in [0.15, 0.2) is 71.2 Å². The molecule has 0 aliphatic carbocycles. The Kier molecular flexibility index (Phi) is 6.43. The predicted molar refractivity (Wildman–Crippen MR) is 127 cm³/mol. The second-order valence-corrected chi connectivity index (χ2v) is 8.03. The number of aromatic nitrogens is 3. The Morgan fingerprint density at radius 2 is 1.72 bits per heavy atom. The van der Waals surface area contributed by atoms with Crippen molar-refractivity contribution in [2.75, 3.05) is 19.5 Å². The van der Waals surface area contributed by atoms with Gasteiger partial charge in [0, 0.05) is 21.1 Å². The Balaban J connectivity index is 1.75. The summed E-state index contributed by atoms with van der Waals surface area (Å²) in [7, 11) is 3.07. The third-order valence-corrected chi connectivity index (χ3v) is 5.42. The minimum atomic E-state index is -0.484. The fraction of sp³-hybridized carbons (Fsp3) is 0.0870. The summed E-state index contributed by atoms with van der Waals surface area (Å²) in [6.45, 7) is 0. The number of rotatable bonds is 6. The maximum Gasteiger partial charge on any atom is 0.295 e. The van der Waals surface area contributed by atoms with Gasteiger partial charge < -0.3 is 14.8 Å². The summed E-state index contributed by atoms with van der Waals surface area (Å²) in [5.74, 6) is 1.11. The van der Waals surface area contributed by atoms with Crippen LogP contribution in [-0.4, -0.2) is 34.9 Å². The second kappa shape index (κ2) is 9.42. The van der Waals surface area contributed by atoms with Crippen molar-refractivity contribution in [2.24, 2.45) is 0 Å². The average Bonchev–Trinajstić information content (AvgIpc) is 3.25. The number of hydrogen-bond donors (Lipinski definition) is 1. The Hall–Kier alpha value is -3.36. The highest BCUT2D eigenvalue weighted by Gasteiger charge is 2.20. The zero-order valence-corrected chi connectivity index (χ0v) is 19.5. The Morgan fingerprint density at radius 1 is 1.00 bits per heavy atom. The van der Waals surface area contributed by atoms with Crippen LogP contribution >= 0.6 is 27.5 Å². The third-order valence-electron chi connectivity index (χ3n) is 4.64. The average molecular weight is 514 g/mol. The van der Waals surface area contributed by atoms with Gasteiger partial charge in [-0.1, -0.05) is 39.7 Å². The molecule has 0 saturated carbocycles. The molecule has 0 spiro atoms. The minimum absolute atomic E-state index is 0.00254. The molecule has 162 valence electrons. The number of amides is 1. The molecule has 1 amide bonds. The van der Waals surface area contributed by atoms with Gasteiger partial charge in [0.25, 0.3) is 5.91 Å². The van der Waals surface area contributed by atoms with Crippen LogP contribution in [0.2, 0.25) is 5.02 Å². The van der Waals surface area contributed by atoms with E-state index in [1.54, 1.807) is 42.1 Å². The lowest BCUT2D eigenvalue weighted by Crippen LogP contribution is -2.15. The number of nitrogens with zero attached hydrogens (tertiary/aromatic N) is 3. The first-order valence-corrected chi connectivity index (χ1v) is 10.7. The van der Waals surface area contributed by atoms with E-state index in [9.17, 15) is 4.79 Å². The smallest absolute Gasteiger partial charge is 0.295 e. The predicted octanol–water partition coefficient (Wildman–Crippen LogP) is 5.62. The lowest BCUT2D eigenvalue weighted by Gasteiger charge is -2.10. The van der Waals surface area contributed by atoms with Crippen LogP contribution in [0.4, 0.5) is 5.69 Å². The van der Waals surface area contributed by atoms with Crippen LogP contribution in [0.3, 0.4) is 0 Å². The van der Waals surface area contributed by atoms with Gasteiger partial charge in [-0.05, 0) is 48.5 Å².